The number of aromatic nitrogens is 2. The predicted molar refractivity (Wildman–Crippen MR) is 82.8 cm³/mol. The molecule has 1 N–H and O–H groups in total. The predicted octanol–water partition coefficient (Wildman–Crippen LogP) is 4.25. The molecule has 0 atom stereocenters. The number of unbranched alkanes of at least 4 members (excludes halogenated alkanes) is 1. The van der Waals surface area contributed by atoms with Crippen LogP contribution in [-0.4, -0.2) is 14.9 Å². The molecule has 1 heterocycles. The molecule has 0 aliphatic carbocycles. The van der Waals surface area contributed by atoms with Crippen LogP contribution in [0, 0.1) is 5.92 Å². The third-order valence-corrected chi connectivity index (χ3v) is 3.38. The van der Waals surface area contributed by atoms with E-state index in [1.807, 2.05) is 35.0 Å². The fourth-order valence-corrected chi connectivity index (χ4v) is 2.37. The molecule has 0 bridgehead atoms. The fraction of sp³-hybridized carbons (Fsp3) is 0.471. The molecule has 1 aromatic carbocycles. The van der Waals surface area contributed by atoms with Crippen molar-refractivity contribution in [2.24, 2.45) is 5.92 Å². The van der Waals surface area contributed by atoms with Crippen LogP contribution in [0.25, 0.3) is 11.3 Å². The topological polar surface area (TPSA) is 38.1 Å². The van der Waals surface area contributed by atoms with Crippen LogP contribution >= 0.6 is 0 Å². The molecule has 0 saturated carbocycles. The number of hydrogen-bond donors (Lipinski definition) is 1. The molecule has 0 aliphatic rings. The van der Waals surface area contributed by atoms with Crippen molar-refractivity contribution < 1.29 is 5.11 Å². The van der Waals surface area contributed by atoms with E-state index in [2.05, 4.69) is 25.9 Å². The summed E-state index contributed by atoms with van der Waals surface area (Å²) in [6.45, 7) is 7.35. The lowest BCUT2D eigenvalue weighted by Crippen LogP contribution is -2.09. The van der Waals surface area contributed by atoms with Crippen LogP contribution in [0.1, 0.15) is 39.3 Å². The largest absolute Gasteiger partial charge is 0.504 e. The third-order valence-electron chi connectivity index (χ3n) is 3.38. The number of aromatic hydroxyl groups is 1. The van der Waals surface area contributed by atoms with Gasteiger partial charge in [0, 0.05) is 12.1 Å². The summed E-state index contributed by atoms with van der Waals surface area (Å²) in [6.07, 6.45) is 3.08. The second-order valence-electron chi connectivity index (χ2n) is 5.69. The average Bonchev–Trinajstić information content (AvgIpc) is 2.73. The Kier molecular flexibility index (Phi) is 4.83. The quantitative estimate of drug-likeness (QED) is 0.853. The van der Waals surface area contributed by atoms with Crippen molar-refractivity contribution in [1.29, 1.82) is 0 Å². The van der Waals surface area contributed by atoms with E-state index in [0.717, 1.165) is 37.1 Å². The first-order valence-electron chi connectivity index (χ1n) is 7.47. The summed E-state index contributed by atoms with van der Waals surface area (Å²) in [5.41, 5.74) is 2.65. The Morgan fingerprint density at radius 3 is 2.50 bits per heavy atom. The summed E-state index contributed by atoms with van der Waals surface area (Å²) < 4.78 is 1.98. The molecule has 20 heavy (non-hydrogen) atoms. The van der Waals surface area contributed by atoms with Crippen LogP contribution in [0.15, 0.2) is 30.3 Å². The molecule has 2 rings (SSSR count). The van der Waals surface area contributed by atoms with Crippen LogP contribution in [0.2, 0.25) is 0 Å². The Morgan fingerprint density at radius 1 is 1.20 bits per heavy atom. The molecule has 108 valence electrons. The van der Waals surface area contributed by atoms with Gasteiger partial charge < -0.3 is 5.11 Å². The number of nitrogens with zero attached hydrogens (tertiary/aromatic N) is 2. The normalized spacial score (nSPS) is 11.2. The first-order valence-corrected chi connectivity index (χ1v) is 7.47. The molecule has 0 amide bonds. The molecule has 0 saturated heterocycles. The lowest BCUT2D eigenvalue weighted by atomic mass is 10.1. The van der Waals surface area contributed by atoms with Gasteiger partial charge in [0.2, 0.25) is 0 Å². The molecule has 0 spiro atoms. The van der Waals surface area contributed by atoms with Crippen molar-refractivity contribution in [1.82, 2.24) is 9.78 Å². The van der Waals surface area contributed by atoms with Gasteiger partial charge in [-0.3, -0.25) is 4.68 Å². The minimum atomic E-state index is 0.352. The molecular formula is C17H24N2O. The van der Waals surface area contributed by atoms with E-state index >= 15 is 0 Å². The van der Waals surface area contributed by atoms with E-state index in [1.54, 1.807) is 0 Å². The standard InChI is InChI=1S/C17H24N2O/c1-4-5-11-15-17(20)16(14-9-7-6-8-10-14)18-19(15)12-13(2)3/h6-10,13,20H,4-5,11-12H2,1-3H3. The summed E-state index contributed by atoms with van der Waals surface area (Å²) in [5.74, 6) is 0.864. The van der Waals surface area contributed by atoms with Crippen LogP contribution in [0.3, 0.4) is 0 Å². The van der Waals surface area contributed by atoms with Gasteiger partial charge in [-0.25, -0.2) is 0 Å². The van der Waals surface area contributed by atoms with Gasteiger partial charge in [-0.15, -0.1) is 0 Å². The lowest BCUT2D eigenvalue weighted by molar-refractivity contribution is 0.441. The maximum atomic E-state index is 10.5. The van der Waals surface area contributed by atoms with Crippen molar-refractivity contribution in [2.75, 3.05) is 0 Å². The summed E-state index contributed by atoms with van der Waals surface area (Å²) in [7, 11) is 0. The highest BCUT2D eigenvalue weighted by Gasteiger charge is 2.18. The Balaban J connectivity index is 2.41. The Bertz CT molecular complexity index is 544. The monoisotopic (exact) mass is 272 g/mol. The molecule has 0 unspecified atom stereocenters. The molecule has 2 aromatic rings. The van der Waals surface area contributed by atoms with Gasteiger partial charge >= 0.3 is 0 Å². The zero-order valence-electron chi connectivity index (χ0n) is 12.6. The molecule has 1 aromatic heterocycles. The van der Waals surface area contributed by atoms with Gasteiger partial charge in [0.15, 0.2) is 5.75 Å². The summed E-state index contributed by atoms with van der Waals surface area (Å²) in [5, 5.41) is 15.2. The van der Waals surface area contributed by atoms with Crippen LogP contribution < -0.4 is 0 Å². The minimum absolute atomic E-state index is 0.352. The van der Waals surface area contributed by atoms with Crippen molar-refractivity contribution in [3.8, 4) is 17.0 Å². The van der Waals surface area contributed by atoms with Crippen LogP contribution in [0.4, 0.5) is 0 Å². The van der Waals surface area contributed by atoms with Crippen molar-refractivity contribution in [3.05, 3.63) is 36.0 Å². The van der Waals surface area contributed by atoms with E-state index in [4.69, 9.17) is 0 Å². The highest BCUT2D eigenvalue weighted by Crippen LogP contribution is 2.32. The molecule has 3 nitrogen and oxygen atoms in total. The number of hydrogen-bond acceptors (Lipinski definition) is 2. The molecule has 3 heteroatoms. The first kappa shape index (κ1) is 14.6. The van der Waals surface area contributed by atoms with E-state index in [-0.39, 0.29) is 0 Å². The van der Waals surface area contributed by atoms with Gasteiger partial charge in [-0.2, -0.15) is 5.10 Å². The van der Waals surface area contributed by atoms with Gasteiger partial charge in [-0.05, 0) is 18.8 Å². The summed E-state index contributed by atoms with van der Waals surface area (Å²) in [4.78, 5) is 0. The number of rotatable bonds is 6. The van der Waals surface area contributed by atoms with Gasteiger partial charge in [-0.1, -0.05) is 57.5 Å². The van der Waals surface area contributed by atoms with Gasteiger partial charge in [0.1, 0.15) is 5.69 Å². The van der Waals surface area contributed by atoms with Crippen LogP contribution in [0.5, 0.6) is 5.75 Å². The maximum Gasteiger partial charge on any atom is 0.164 e. The molecular weight excluding hydrogens is 248 g/mol. The summed E-state index contributed by atoms with van der Waals surface area (Å²) in [6, 6.07) is 9.91. The number of benzene rings is 1. The lowest BCUT2D eigenvalue weighted by Gasteiger charge is -2.09. The second kappa shape index (κ2) is 6.60. The first-order chi connectivity index (χ1) is 9.63. The highest BCUT2D eigenvalue weighted by atomic mass is 16.3. The average molecular weight is 272 g/mol. The van der Waals surface area contributed by atoms with Crippen LogP contribution in [-0.2, 0) is 13.0 Å². The second-order valence-corrected chi connectivity index (χ2v) is 5.69. The van der Waals surface area contributed by atoms with Gasteiger partial charge in [0.25, 0.3) is 0 Å². The molecule has 0 aliphatic heterocycles. The minimum Gasteiger partial charge on any atom is -0.504 e. The summed E-state index contributed by atoms with van der Waals surface area (Å²) >= 11 is 0. The van der Waals surface area contributed by atoms with Crippen molar-refractivity contribution >= 4 is 0 Å². The third kappa shape index (κ3) is 3.21. The van der Waals surface area contributed by atoms with E-state index < -0.39 is 0 Å². The molecule has 0 radical (unpaired) electrons. The van der Waals surface area contributed by atoms with E-state index in [1.165, 1.54) is 0 Å². The van der Waals surface area contributed by atoms with E-state index in [0.29, 0.717) is 17.4 Å². The zero-order valence-corrected chi connectivity index (χ0v) is 12.6. The highest BCUT2D eigenvalue weighted by molar-refractivity contribution is 5.67. The zero-order chi connectivity index (χ0) is 14.5. The SMILES string of the molecule is CCCCc1c(O)c(-c2ccccc2)nn1CC(C)C. The van der Waals surface area contributed by atoms with E-state index in [9.17, 15) is 5.11 Å². The molecule has 0 fully saturated rings. The van der Waals surface area contributed by atoms with Crippen molar-refractivity contribution in [3.63, 3.8) is 0 Å². The van der Waals surface area contributed by atoms with Gasteiger partial charge in [0.05, 0.1) is 5.69 Å². The fourth-order valence-electron chi connectivity index (χ4n) is 2.37. The smallest absolute Gasteiger partial charge is 0.164 e. The Labute approximate surface area is 121 Å². The van der Waals surface area contributed by atoms with Crippen molar-refractivity contribution in [2.45, 2.75) is 46.6 Å². The Hall–Kier alpha value is -1.77. The maximum absolute atomic E-state index is 10.5. The Morgan fingerprint density at radius 2 is 1.90 bits per heavy atom.